The predicted molar refractivity (Wildman–Crippen MR) is 82.1 cm³/mol. The first-order valence-corrected chi connectivity index (χ1v) is 7.18. The summed E-state index contributed by atoms with van der Waals surface area (Å²) >= 11 is 0. The van der Waals surface area contributed by atoms with Crippen LogP contribution in [-0.2, 0) is 4.74 Å². The Bertz CT molecular complexity index is 607. The molecule has 112 valence electrons. The van der Waals surface area contributed by atoms with E-state index in [1.54, 1.807) is 6.33 Å². The number of nitrogen functional groups attached to an aromatic ring is 1. The molecule has 2 N–H and O–H groups in total. The molecule has 1 aromatic carbocycles. The highest BCUT2D eigenvalue weighted by molar-refractivity contribution is 5.87. The second-order valence-electron chi connectivity index (χ2n) is 5.02. The fourth-order valence-electron chi connectivity index (χ4n) is 2.13. The van der Waals surface area contributed by atoms with Crippen molar-refractivity contribution in [2.24, 2.45) is 0 Å². The number of esters is 1. The van der Waals surface area contributed by atoms with Gasteiger partial charge in [-0.15, -0.1) is 0 Å². The van der Waals surface area contributed by atoms with E-state index in [2.05, 4.69) is 11.9 Å². The Hall–Kier alpha value is -2.30. The largest absolute Gasteiger partial charge is 0.461 e. The molecule has 0 aliphatic carbocycles. The third-order valence-corrected chi connectivity index (χ3v) is 3.42. The average molecular weight is 287 g/mol. The van der Waals surface area contributed by atoms with Crippen molar-refractivity contribution < 1.29 is 9.53 Å². The van der Waals surface area contributed by atoms with Crippen molar-refractivity contribution in [2.75, 3.05) is 12.3 Å². The monoisotopic (exact) mass is 287 g/mol. The molecule has 1 aromatic heterocycles. The van der Waals surface area contributed by atoms with E-state index in [1.165, 1.54) is 6.20 Å². The Morgan fingerprint density at radius 3 is 3.00 bits per heavy atom. The minimum Gasteiger partial charge on any atom is -0.461 e. The smallest absolute Gasteiger partial charge is 0.356 e. The number of hydrogen-bond acceptors (Lipinski definition) is 4. The summed E-state index contributed by atoms with van der Waals surface area (Å²) in [6.07, 6.45) is 5.04. The molecule has 1 heterocycles. The van der Waals surface area contributed by atoms with Gasteiger partial charge in [0.15, 0.2) is 0 Å². The van der Waals surface area contributed by atoms with E-state index in [0.717, 1.165) is 18.4 Å². The zero-order valence-electron chi connectivity index (χ0n) is 12.5. The van der Waals surface area contributed by atoms with Gasteiger partial charge < -0.3 is 15.0 Å². The number of benzene rings is 1. The van der Waals surface area contributed by atoms with Gasteiger partial charge in [0.05, 0.1) is 25.2 Å². The van der Waals surface area contributed by atoms with E-state index in [4.69, 9.17) is 10.5 Å². The molecule has 0 radical (unpaired) electrons. The van der Waals surface area contributed by atoms with Crippen molar-refractivity contribution in [1.82, 2.24) is 9.55 Å². The number of aromatic nitrogens is 2. The zero-order chi connectivity index (χ0) is 15.2. The van der Waals surface area contributed by atoms with Crippen molar-refractivity contribution >= 4 is 11.7 Å². The Kier molecular flexibility index (Phi) is 4.98. The maximum absolute atomic E-state index is 12.1. The summed E-state index contributed by atoms with van der Waals surface area (Å²) in [5.41, 5.74) is 8.00. The number of unbranched alkanes of at least 4 members (excludes halogenated alkanes) is 1. The van der Waals surface area contributed by atoms with E-state index in [9.17, 15) is 4.79 Å². The normalized spacial score (nSPS) is 12.1. The molecule has 0 spiro atoms. The third-order valence-electron chi connectivity index (χ3n) is 3.42. The van der Waals surface area contributed by atoms with Crippen LogP contribution in [0, 0.1) is 0 Å². The number of imidazole rings is 1. The predicted octanol–water partition coefficient (Wildman–Crippen LogP) is 3.03. The highest BCUT2D eigenvalue weighted by Gasteiger charge is 2.18. The van der Waals surface area contributed by atoms with Crippen LogP contribution in [0.5, 0.6) is 0 Å². The highest BCUT2D eigenvalue weighted by atomic mass is 16.5. The molecule has 5 nitrogen and oxygen atoms in total. The third kappa shape index (κ3) is 3.62. The first-order chi connectivity index (χ1) is 10.1. The zero-order valence-corrected chi connectivity index (χ0v) is 12.5. The van der Waals surface area contributed by atoms with Gasteiger partial charge in [-0.1, -0.05) is 25.5 Å². The fourth-order valence-corrected chi connectivity index (χ4v) is 2.13. The Labute approximate surface area is 124 Å². The molecule has 0 aliphatic rings. The van der Waals surface area contributed by atoms with Gasteiger partial charge in [0.1, 0.15) is 5.69 Å². The summed E-state index contributed by atoms with van der Waals surface area (Å²) in [6, 6.07) is 7.58. The van der Waals surface area contributed by atoms with Crippen LogP contribution in [0.4, 0.5) is 5.69 Å². The number of hydrogen-bond donors (Lipinski definition) is 1. The van der Waals surface area contributed by atoms with Gasteiger partial charge in [0.25, 0.3) is 0 Å². The van der Waals surface area contributed by atoms with E-state index in [-0.39, 0.29) is 12.0 Å². The quantitative estimate of drug-likeness (QED) is 0.503. The summed E-state index contributed by atoms with van der Waals surface area (Å²) in [5.74, 6) is -0.336. The molecule has 0 bridgehead atoms. The van der Waals surface area contributed by atoms with Gasteiger partial charge in [-0.2, -0.15) is 0 Å². The maximum Gasteiger partial charge on any atom is 0.356 e. The van der Waals surface area contributed by atoms with E-state index in [0.29, 0.717) is 18.0 Å². The molecule has 5 heteroatoms. The Morgan fingerprint density at radius 1 is 1.48 bits per heavy atom. The van der Waals surface area contributed by atoms with Crippen molar-refractivity contribution in [2.45, 2.75) is 32.7 Å². The Morgan fingerprint density at radius 2 is 2.29 bits per heavy atom. The number of ether oxygens (including phenoxy) is 1. The topological polar surface area (TPSA) is 70.1 Å². The van der Waals surface area contributed by atoms with E-state index in [1.807, 2.05) is 35.8 Å². The van der Waals surface area contributed by atoms with Crippen LogP contribution in [0.3, 0.4) is 0 Å². The number of carbonyl (C=O) groups excluding carboxylic acids is 1. The summed E-state index contributed by atoms with van der Waals surface area (Å²) in [5, 5.41) is 0. The van der Waals surface area contributed by atoms with Gasteiger partial charge in [-0.25, -0.2) is 9.78 Å². The molecule has 0 saturated carbocycles. The maximum atomic E-state index is 12.1. The molecule has 0 unspecified atom stereocenters. The van der Waals surface area contributed by atoms with Crippen molar-refractivity contribution in [3.05, 3.63) is 48.0 Å². The van der Waals surface area contributed by atoms with Crippen molar-refractivity contribution in [1.29, 1.82) is 0 Å². The fraction of sp³-hybridized carbons (Fsp3) is 0.375. The van der Waals surface area contributed by atoms with E-state index >= 15 is 0 Å². The van der Waals surface area contributed by atoms with Crippen LogP contribution in [0.25, 0.3) is 0 Å². The van der Waals surface area contributed by atoms with Crippen molar-refractivity contribution in [3.8, 4) is 0 Å². The van der Waals surface area contributed by atoms with Crippen LogP contribution >= 0.6 is 0 Å². The lowest BCUT2D eigenvalue weighted by Crippen LogP contribution is -2.16. The molecule has 1 atom stereocenters. The van der Waals surface area contributed by atoms with Gasteiger partial charge >= 0.3 is 5.97 Å². The SMILES string of the molecule is CCCCOC(=O)c1cncn1[C@H](C)c1cccc(N)c1. The number of rotatable bonds is 6. The lowest BCUT2D eigenvalue weighted by atomic mass is 10.1. The lowest BCUT2D eigenvalue weighted by Gasteiger charge is -2.17. The molecule has 0 amide bonds. The molecule has 0 fully saturated rings. The van der Waals surface area contributed by atoms with Gasteiger partial charge in [0, 0.05) is 5.69 Å². The molecule has 2 rings (SSSR count). The minimum absolute atomic E-state index is 0.0373. The lowest BCUT2D eigenvalue weighted by molar-refractivity contribution is 0.0486. The molecule has 0 aliphatic heterocycles. The van der Waals surface area contributed by atoms with Crippen LogP contribution in [-0.4, -0.2) is 22.1 Å². The van der Waals surface area contributed by atoms with Crippen LogP contribution < -0.4 is 5.73 Å². The summed E-state index contributed by atoms with van der Waals surface area (Å²) in [6.45, 7) is 4.49. The highest BCUT2D eigenvalue weighted by Crippen LogP contribution is 2.21. The summed E-state index contributed by atoms with van der Waals surface area (Å²) < 4.78 is 7.06. The standard InChI is InChI=1S/C16H21N3O2/c1-3-4-8-21-16(20)15-10-18-11-19(15)12(2)13-6-5-7-14(17)9-13/h5-7,9-12H,3-4,8,17H2,1-2H3/t12-/m1/s1. The number of nitrogens with two attached hydrogens (primary N) is 1. The number of nitrogens with zero attached hydrogens (tertiary/aromatic N) is 2. The van der Waals surface area contributed by atoms with Crippen LogP contribution in [0.15, 0.2) is 36.8 Å². The molecule has 0 saturated heterocycles. The van der Waals surface area contributed by atoms with Crippen LogP contribution in [0.1, 0.15) is 48.8 Å². The molecular weight excluding hydrogens is 266 g/mol. The van der Waals surface area contributed by atoms with Gasteiger partial charge in [-0.3, -0.25) is 0 Å². The first kappa shape index (κ1) is 15.1. The Balaban J connectivity index is 2.17. The second kappa shape index (κ2) is 6.92. The van der Waals surface area contributed by atoms with Crippen LogP contribution in [0.2, 0.25) is 0 Å². The van der Waals surface area contributed by atoms with Crippen molar-refractivity contribution in [3.63, 3.8) is 0 Å². The minimum atomic E-state index is -0.336. The molecule has 2 aromatic rings. The second-order valence-corrected chi connectivity index (χ2v) is 5.02. The summed E-state index contributed by atoms with van der Waals surface area (Å²) in [4.78, 5) is 16.2. The number of anilines is 1. The first-order valence-electron chi connectivity index (χ1n) is 7.18. The summed E-state index contributed by atoms with van der Waals surface area (Å²) in [7, 11) is 0. The van der Waals surface area contributed by atoms with Gasteiger partial charge in [0.2, 0.25) is 0 Å². The average Bonchev–Trinajstić information content (AvgIpc) is 2.96. The molecular formula is C16H21N3O2. The number of carbonyl (C=O) groups is 1. The molecule has 21 heavy (non-hydrogen) atoms. The van der Waals surface area contributed by atoms with Gasteiger partial charge in [-0.05, 0) is 31.0 Å². The van der Waals surface area contributed by atoms with E-state index < -0.39 is 0 Å².